The second-order valence-corrected chi connectivity index (χ2v) is 7.00. The zero-order chi connectivity index (χ0) is 20.4. The third kappa shape index (κ3) is 4.12. The number of halogens is 1. The summed E-state index contributed by atoms with van der Waals surface area (Å²) >= 11 is 3.37. The van der Waals surface area contributed by atoms with Crippen LogP contribution in [0.2, 0.25) is 0 Å². The van der Waals surface area contributed by atoms with Gasteiger partial charge in [0, 0.05) is 15.4 Å². The van der Waals surface area contributed by atoms with Crippen molar-refractivity contribution in [3.05, 3.63) is 82.2 Å². The van der Waals surface area contributed by atoms with E-state index in [9.17, 15) is 9.59 Å². The van der Waals surface area contributed by atoms with Crippen LogP contribution in [0.25, 0.3) is 22.3 Å². The maximum Gasteiger partial charge on any atom is 0.335 e. The zero-order valence-electron chi connectivity index (χ0n) is 14.8. The SMILES string of the molecule is O=C(O)c1cccc(-c2ccc(/C=N/NC(=O)c3cc4cc(Br)ccc4o3)o2)c1. The Morgan fingerprint density at radius 1 is 1.03 bits per heavy atom. The molecule has 0 unspecified atom stereocenters. The third-order valence-corrected chi connectivity index (χ3v) is 4.57. The number of benzene rings is 2. The number of fused-ring (bicyclic) bond motifs is 1. The Bertz CT molecular complexity index is 1250. The summed E-state index contributed by atoms with van der Waals surface area (Å²) < 4.78 is 12.0. The smallest absolute Gasteiger partial charge is 0.335 e. The molecule has 0 saturated carbocycles. The van der Waals surface area contributed by atoms with Crippen LogP contribution in [0, 0.1) is 0 Å². The minimum Gasteiger partial charge on any atom is -0.478 e. The molecule has 0 radical (unpaired) electrons. The standard InChI is InChI=1S/C21H13BrN2O5/c22-15-4-6-18-14(9-15)10-19(29-18)20(25)24-23-11-16-5-7-17(28-16)12-2-1-3-13(8-12)21(26)27/h1-11H,(H,24,25)(H,26,27)/b23-11+. The topological polar surface area (TPSA) is 105 Å². The van der Waals surface area contributed by atoms with Crippen molar-refractivity contribution in [2.24, 2.45) is 5.10 Å². The Hall–Kier alpha value is -3.65. The molecule has 2 aromatic carbocycles. The molecule has 144 valence electrons. The van der Waals surface area contributed by atoms with Crippen LogP contribution < -0.4 is 5.43 Å². The van der Waals surface area contributed by atoms with Gasteiger partial charge >= 0.3 is 11.9 Å². The second kappa shape index (κ2) is 7.76. The summed E-state index contributed by atoms with van der Waals surface area (Å²) in [6.45, 7) is 0. The second-order valence-electron chi connectivity index (χ2n) is 6.08. The van der Waals surface area contributed by atoms with Crippen molar-refractivity contribution in [1.82, 2.24) is 5.43 Å². The fourth-order valence-electron chi connectivity index (χ4n) is 2.72. The summed E-state index contributed by atoms with van der Waals surface area (Å²) in [7, 11) is 0. The van der Waals surface area contributed by atoms with E-state index in [0.29, 0.717) is 22.7 Å². The quantitative estimate of drug-likeness (QED) is 0.330. The number of carbonyl (C=O) groups is 2. The molecular formula is C21H13BrN2O5. The molecule has 0 atom stereocenters. The molecule has 2 aromatic heterocycles. The number of carboxylic acids is 1. The summed E-state index contributed by atoms with van der Waals surface area (Å²) in [5, 5.41) is 13.8. The molecule has 29 heavy (non-hydrogen) atoms. The summed E-state index contributed by atoms with van der Waals surface area (Å²) in [6, 6.07) is 16.8. The predicted octanol–water partition coefficient (Wildman–Crippen LogP) is 4.92. The zero-order valence-corrected chi connectivity index (χ0v) is 16.3. The lowest BCUT2D eigenvalue weighted by molar-refractivity contribution is 0.0696. The Morgan fingerprint density at radius 2 is 1.90 bits per heavy atom. The molecule has 8 heteroatoms. The van der Waals surface area contributed by atoms with Gasteiger partial charge < -0.3 is 13.9 Å². The van der Waals surface area contributed by atoms with Gasteiger partial charge in [-0.15, -0.1) is 0 Å². The van der Waals surface area contributed by atoms with Crippen molar-refractivity contribution in [3.63, 3.8) is 0 Å². The molecule has 2 heterocycles. The number of nitrogens with zero attached hydrogens (tertiary/aromatic N) is 1. The first-order valence-corrected chi connectivity index (χ1v) is 9.25. The van der Waals surface area contributed by atoms with Gasteiger partial charge in [-0.2, -0.15) is 5.10 Å². The largest absolute Gasteiger partial charge is 0.478 e. The van der Waals surface area contributed by atoms with E-state index in [0.717, 1.165) is 9.86 Å². The first kappa shape index (κ1) is 18.7. The highest BCUT2D eigenvalue weighted by Crippen LogP contribution is 2.24. The van der Waals surface area contributed by atoms with Crippen molar-refractivity contribution >= 4 is 45.0 Å². The minimum absolute atomic E-state index is 0.140. The Labute approximate surface area is 172 Å². The van der Waals surface area contributed by atoms with Crippen LogP contribution in [-0.4, -0.2) is 23.2 Å². The number of rotatable bonds is 5. The van der Waals surface area contributed by atoms with Gasteiger partial charge in [0.2, 0.25) is 0 Å². The number of furan rings is 2. The fourth-order valence-corrected chi connectivity index (χ4v) is 3.10. The maximum absolute atomic E-state index is 12.2. The number of carboxylic acid groups (broad SMARTS) is 1. The van der Waals surface area contributed by atoms with E-state index in [1.54, 1.807) is 36.4 Å². The van der Waals surface area contributed by atoms with Gasteiger partial charge in [-0.3, -0.25) is 4.79 Å². The summed E-state index contributed by atoms with van der Waals surface area (Å²) in [6.07, 6.45) is 1.35. The minimum atomic E-state index is -1.01. The molecule has 2 N–H and O–H groups in total. The Balaban J connectivity index is 1.45. The fraction of sp³-hybridized carbons (Fsp3) is 0. The normalized spacial score (nSPS) is 11.2. The highest BCUT2D eigenvalue weighted by atomic mass is 79.9. The lowest BCUT2D eigenvalue weighted by Gasteiger charge is -1.99. The number of hydrazone groups is 1. The predicted molar refractivity (Wildman–Crippen MR) is 110 cm³/mol. The van der Waals surface area contributed by atoms with Crippen molar-refractivity contribution in [2.45, 2.75) is 0 Å². The average molecular weight is 453 g/mol. The number of amides is 1. The van der Waals surface area contributed by atoms with Crippen molar-refractivity contribution in [2.75, 3.05) is 0 Å². The van der Waals surface area contributed by atoms with Crippen LogP contribution in [0.5, 0.6) is 0 Å². The van der Waals surface area contributed by atoms with Crippen molar-refractivity contribution in [1.29, 1.82) is 0 Å². The van der Waals surface area contributed by atoms with E-state index >= 15 is 0 Å². The third-order valence-electron chi connectivity index (χ3n) is 4.08. The molecule has 7 nitrogen and oxygen atoms in total. The van der Waals surface area contributed by atoms with Crippen LogP contribution in [0.1, 0.15) is 26.7 Å². The Morgan fingerprint density at radius 3 is 2.72 bits per heavy atom. The van der Waals surface area contributed by atoms with Gasteiger partial charge in [-0.25, -0.2) is 10.2 Å². The molecule has 4 rings (SSSR count). The maximum atomic E-state index is 12.2. The van der Waals surface area contributed by atoms with Crippen molar-refractivity contribution < 1.29 is 23.5 Å². The number of hydrogen-bond acceptors (Lipinski definition) is 5. The van der Waals surface area contributed by atoms with E-state index in [1.165, 1.54) is 18.3 Å². The van der Waals surface area contributed by atoms with E-state index < -0.39 is 11.9 Å². The average Bonchev–Trinajstić information content (AvgIpc) is 3.34. The molecular weight excluding hydrogens is 440 g/mol. The van der Waals surface area contributed by atoms with E-state index in [4.69, 9.17) is 13.9 Å². The van der Waals surface area contributed by atoms with Gasteiger partial charge in [0.1, 0.15) is 17.1 Å². The summed E-state index contributed by atoms with van der Waals surface area (Å²) in [4.78, 5) is 23.3. The molecule has 0 spiro atoms. The number of nitrogens with one attached hydrogen (secondary N) is 1. The molecule has 0 aliphatic heterocycles. The lowest BCUT2D eigenvalue weighted by atomic mass is 10.1. The van der Waals surface area contributed by atoms with E-state index in [2.05, 4.69) is 26.5 Å². The molecule has 1 amide bonds. The first-order valence-electron chi connectivity index (χ1n) is 8.46. The van der Waals surface area contributed by atoms with Crippen LogP contribution in [-0.2, 0) is 0 Å². The van der Waals surface area contributed by atoms with Crippen molar-refractivity contribution in [3.8, 4) is 11.3 Å². The highest BCUT2D eigenvalue weighted by molar-refractivity contribution is 9.10. The molecule has 0 aliphatic rings. The lowest BCUT2D eigenvalue weighted by Crippen LogP contribution is -2.16. The molecule has 0 fully saturated rings. The van der Waals surface area contributed by atoms with Crippen LogP contribution >= 0.6 is 15.9 Å². The van der Waals surface area contributed by atoms with Crippen LogP contribution in [0.15, 0.2) is 79.1 Å². The van der Waals surface area contributed by atoms with Crippen LogP contribution in [0.3, 0.4) is 0 Å². The number of carbonyl (C=O) groups excluding carboxylic acids is 1. The monoisotopic (exact) mass is 452 g/mol. The van der Waals surface area contributed by atoms with Gasteiger partial charge in [0.25, 0.3) is 0 Å². The van der Waals surface area contributed by atoms with E-state index in [-0.39, 0.29) is 11.3 Å². The van der Waals surface area contributed by atoms with Gasteiger partial charge in [0.05, 0.1) is 11.8 Å². The van der Waals surface area contributed by atoms with Gasteiger partial charge in [-0.05, 0) is 48.5 Å². The number of aromatic carboxylic acids is 1. The Kier molecular flexibility index (Phi) is 5.01. The summed E-state index contributed by atoms with van der Waals surface area (Å²) in [5.41, 5.74) is 3.77. The first-order chi connectivity index (χ1) is 14.0. The molecule has 0 saturated heterocycles. The van der Waals surface area contributed by atoms with E-state index in [1.807, 2.05) is 12.1 Å². The molecule has 0 aliphatic carbocycles. The van der Waals surface area contributed by atoms with Gasteiger partial charge in [-0.1, -0.05) is 28.1 Å². The number of hydrogen-bond donors (Lipinski definition) is 2. The van der Waals surface area contributed by atoms with Crippen LogP contribution in [0.4, 0.5) is 0 Å². The summed E-state index contributed by atoms with van der Waals surface area (Å²) in [5.74, 6) is -0.477. The highest BCUT2D eigenvalue weighted by Gasteiger charge is 2.12. The molecule has 0 bridgehead atoms. The van der Waals surface area contributed by atoms with Gasteiger partial charge in [0.15, 0.2) is 5.76 Å². The molecule has 4 aromatic rings.